The second-order valence-electron chi connectivity index (χ2n) is 6.71. The van der Waals surface area contributed by atoms with Gasteiger partial charge in [-0.05, 0) is 36.4 Å². The van der Waals surface area contributed by atoms with Crippen LogP contribution in [0.15, 0.2) is 53.5 Å². The fourth-order valence-electron chi connectivity index (χ4n) is 3.73. The van der Waals surface area contributed by atoms with Gasteiger partial charge in [0, 0.05) is 34.5 Å². The van der Waals surface area contributed by atoms with Gasteiger partial charge in [-0.2, -0.15) is 4.98 Å². The minimum atomic E-state index is -0.543. The Morgan fingerprint density at radius 1 is 1.24 bits per heavy atom. The summed E-state index contributed by atoms with van der Waals surface area (Å²) in [7, 11) is 0. The molecule has 8 nitrogen and oxygen atoms in total. The van der Waals surface area contributed by atoms with Gasteiger partial charge in [-0.25, -0.2) is 9.78 Å². The van der Waals surface area contributed by atoms with Gasteiger partial charge in [0.05, 0.1) is 11.6 Å². The van der Waals surface area contributed by atoms with Gasteiger partial charge < -0.3 is 15.8 Å². The Hall–Kier alpha value is -3.36. The number of aromatic amines is 1. The predicted octanol–water partition coefficient (Wildman–Crippen LogP) is 2.42. The number of fused-ring (bicyclic) bond motifs is 2. The first-order chi connectivity index (χ1) is 14.1. The van der Waals surface area contributed by atoms with E-state index >= 15 is 0 Å². The largest absolute Gasteiger partial charge is 0.476 e. The van der Waals surface area contributed by atoms with Crippen molar-refractivity contribution < 1.29 is 4.74 Å². The van der Waals surface area contributed by atoms with Crippen LogP contribution in [0.1, 0.15) is 17.3 Å². The van der Waals surface area contributed by atoms with Crippen molar-refractivity contribution in [2.45, 2.75) is 6.04 Å². The lowest BCUT2D eigenvalue weighted by Gasteiger charge is -2.21. The van der Waals surface area contributed by atoms with Gasteiger partial charge in [-0.3, -0.25) is 9.55 Å². The molecule has 4 N–H and O–H groups in total. The van der Waals surface area contributed by atoms with Gasteiger partial charge in [-0.15, -0.1) is 0 Å². The number of H-pyrrole nitrogens is 1. The van der Waals surface area contributed by atoms with Gasteiger partial charge in [-0.1, -0.05) is 17.7 Å². The lowest BCUT2D eigenvalue weighted by Crippen LogP contribution is -2.27. The molecule has 1 aromatic carbocycles. The van der Waals surface area contributed by atoms with Gasteiger partial charge in [0.15, 0.2) is 0 Å². The molecule has 0 saturated heterocycles. The van der Waals surface area contributed by atoms with Gasteiger partial charge >= 0.3 is 5.69 Å². The summed E-state index contributed by atoms with van der Waals surface area (Å²) in [6, 6.07) is 13.1. The molecule has 0 fully saturated rings. The van der Waals surface area contributed by atoms with Crippen molar-refractivity contribution in [3.63, 3.8) is 0 Å². The molecule has 0 bridgehead atoms. The van der Waals surface area contributed by atoms with Crippen molar-refractivity contribution in [3.8, 4) is 11.6 Å². The minimum Gasteiger partial charge on any atom is -0.476 e. The van der Waals surface area contributed by atoms with Crippen LogP contribution in [0.4, 0.5) is 5.82 Å². The van der Waals surface area contributed by atoms with E-state index < -0.39 is 5.69 Å². The van der Waals surface area contributed by atoms with E-state index in [2.05, 4.69) is 20.3 Å². The molecule has 1 aliphatic rings. The van der Waals surface area contributed by atoms with Gasteiger partial charge in [0.25, 0.3) is 0 Å². The summed E-state index contributed by atoms with van der Waals surface area (Å²) in [6.07, 6.45) is 1.75. The number of rotatable bonds is 2. The first-order valence-electron chi connectivity index (χ1n) is 9.10. The molecule has 0 aliphatic carbocycles. The zero-order valence-corrected chi connectivity index (χ0v) is 16.0. The highest BCUT2D eigenvalue weighted by Gasteiger charge is 2.29. The van der Waals surface area contributed by atoms with Crippen LogP contribution in [0, 0.1) is 0 Å². The summed E-state index contributed by atoms with van der Waals surface area (Å²) < 4.78 is 7.71. The number of nitrogen functional groups attached to an aromatic ring is 1. The molecule has 3 aromatic heterocycles. The molecule has 1 atom stereocenters. The van der Waals surface area contributed by atoms with Gasteiger partial charge in [0.2, 0.25) is 5.88 Å². The number of aromatic nitrogens is 4. The third-order valence-corrected chi connectivity index (χ3v) is 5.13. The Morgan fingerprint density at radius 3 is 3.00 bits per heavy atom. The fraction of sp³-hybridized carbons (Fsp3) is 0.150. The van der Waals surface area contributed by atoms with E-state index in [1.807, 2.05) is 47.0 Å². The number of benzene rings is 1. The van der Waals surface area contributed by atoms with Crippen LogP contribution >= 0.6 is 11.6 Å². The summed E-state index contributed by atoms with van der Waals surface area (Å²) in [5.74, 6) is 0.451. The Balaban J connectivity index is 1.81. The number of pyridine rings is 1. The van der Waals surface area contributed by atoms with E-state index in [1.54, 1.807) is 6.20 Å². The van der Waals surface area contributed by atoms with Crippen molar-refractivity contribution in [3.05, 3.63) is 75.4 Å². The monoisotopic (exact) mass is 408 g/mol. The maximum absolute atomic E-state index is 11.8. The molecule has 1 aliphatic heterocycles. The Kier molecular flexibility index (Phi) is 4.22. The number of ether oxygens (including phenoxy) is 1. The number of nitrogens with two attached hydrogens (primary N) is 1. The molecule has 29 heavy (non-hydrogen) atoms. The third kappa shape index (κ3) is 3.02. The third-order valence-electron chi connectivity index (χ3n) is 4.90. The molecule has 5 rings (SSSR count). The molecule has 9 heteroatoms. The number of hydrogen-bond acceptors (Lipinski definition) is 6. The van der Waals surface area contributed by atoms with Crippen LogP contribution < -0.4 is 21.5 Å². The van der Waals surface area contributed by atoms with Crippen molar-refractivity contribution in [1.29, 1.82) is 0 Å². The maximum atomic E-state index is 11.8. The van der Waals surface area contributed by atoms with Crippen molar-refractivity contribution >= 4 is 28.5 Å². The molecular formula is C20H17ClN6O2. The Bertz CT molecular complexity index is 1280. The number of nitrogens with one attached hydrogen (secondary N) is 2. The second kappa shape index (κ2) is 6.91. The highest BCUT2D eigenvalue weighted by molar-refractivity contribution is 6.30. The van der Waals surface area contributed by atoms with E-state index in [0.29, 0.717) is 23.7 Å². The SMILES string of the molecule is Nc1[nH]c(=O)nc2c1C(c1cc3cccnc3n1-c1cccc(Cl)c1)NCCO2. The van der Waals surface area contributed by atoms with Crippen molar-refractivity contribution in [2.75, 3.05) is 18.9 Å². The molecule has 146 valence electrons. The molecule has 4 heterocycles. The smallest absolute Gasteiger partial charge is 0.349 e. The lowest BCUT2D eigenvalue weighted by molar-refractivity contribution is 0.312. The summed E-state index contributed by atoms with van der Waals surface area (Å²) in [5, 5.41) is 5.04. The Morgan fingerprint density at radius 2 is 2.14 bits per heavy atom. The normalized spacial score (nSPS) is 16.2. The van der Waals surface area contributed by atoms with Crippen LogP contribution in [0.5, 0.6) is 5.88 Å². The number of anilines is 1. The molecule has 0 amide bonds. The zero-order valence-electron chi connectivity index (χ0n) is 15.2. The van der Waals surface area contributed by atoms with Crippen LogP contribution in [-0.4, -0.2) is 32.7 Å². The van der Waals surface area contributed by atoms with E-state index in [1.165, 1.54) is 0 Å². The van der Waals surface area contributed by atoms with Crippen molar-refractivity contribution in [2.24, 2.45) is 0 Å². The summed E-state index contributed by atoms with van der Waals surface area (Å²) in [5.41, 5.74) is 8.77. The first kappa shape index (κ1) is 17.7. The van der Waals surface area contributed by atoms with Crippen LogP contribution in [-0.2, 0) is 0 Å². The van der Waals surface area contributed by atoms with Gasteiger partial charge in [0.1, 0.15) is 18.1 Å². The van der Waals surface area contributed by atoms with E-state index in [4.69, 9.17) is 22.1 Å². The zero-order chi connectivity index (χ0) is 20.0. The summed E-state index contributed by atoms with van der Waals surface area (Å²) >= 11 is 6.26. The number of hydrogen-bond donors (Lipinski definition) is 3. The molecule has 1 unspecified atom stereocenters. The topological polar surface area (TPSA) is 111 Å². The molecule has 0 spiro atoms. The highest BCUT2D eigenvalue weighted by atomic mass is 35.5. The first-order valence-corrected chi connectivity index (χ1v) is 9.48. The molecule has 0 radical (unpaired) electrons. The van der Waals surface area contributed by atoms with Crippen LogP contribution in [0.2, 0.25) is 5.02 Å². The van der Waals surface area contributed by atoms with Crippen molar-refractivity contribution in [1.82, 2.24) is 24.8 Å². The van der Waals surface area contributed by atoms with Crippen LogP contribution in [0.25, 0.3) is 16.7 Å². The summed E-state index contributed by atoms with van der Waals surface area (Å²) in [4.78, 5) is 22.9. The van der Waals surface area contributed by atoms with Crippen LogP contribution in [0.3, 0.4) is 0 Å². The average molecular weight is 409 g/mol. The lowest BCUT2D eigenvalue weighted by atomic mass is 10.0. The molecule has 0 saturated carbocycles. The maximum Gasteiger partial charge on any atom is 0.349 e. The quantitative estimate of drug-likeness (QED) is 0.469. The average Bonchev–Trinajstić information content (AvgIpc) is 2.95. The van der Waals surface area contributed by atoms with E-state index in [0.717, 1.165) is 22.4 Å². The predicted molar refractivity (Wildman–Crippen MR) is 111 cm³/mol. The highest BCUT2D eigenvalue weighted by Crippen LogP contribution is 2.36. The number of halogens is 1. The summed E-state index contributed by atoms with van der Waals surface area (Å²) in [6.45, 7) is 0.925. The fourth-order valence-corrected chi connectivity index (χ4v) is 3.91. The second-order valence-corrected chi connectivity index (χ2v) is 7.15. The molecule has 4 aromatic rings. The van der Waals surface area contributed by atoms with E-state index in [-0.39, 0.29) is 17.7 Å². The minimum absolute atomic E-state index is 0.218. The number of nitrogens with zero attached hydrogens (tertiary/aromatic N) is 3. The standard InChI is InChI=1S/C20H17ClN6O2/c21-12-4-1-5-13(10-12)27-14(9-11-3-2-6-24-18(11)27)16-15-17(22)25-20(28)26-19(15)29-8-7-23-16/h1-6,9-10,16,23H,7-8H2,(H3,22,25,26,28). The Labute approximate surface area is 170 Å². The van der Waals surface area contributed by atoms with E-state index in [9.17, 15) is 4.79 Å². The molecular weight excluding hydrogens is 392 g/mol.